The Labute approximate surface area is 165 Å². The molecule has 0 N–H and O–H groups in total. The van der Waals surface area contributed by atoms with Gasteiger partial charge in [-0.3, -0.25) is 9.78 Å². The van der Waals surface area contributed by atoms with Crippen molar-refractivity contribution < 1.29 is 4.79 Å². The fraction of sp³-hybridized carbons (Fsp3) is 0.429. The van der Waals surface area contributed by atoms with Crippen molar-refractivity contribution >= 4 is 5.91 Å². The number of carbonyl (C=O) groups is 1. The summed E-state index contributed by atoms with van der Waals surface area (Å²) in [5, 5.41) is 0. The van der Waals surface area contributed by atoms with Crippen molar-refractivity contribution in [3.05, 3.63) is 66.5 Å². The topological polar surface area (TPSA) is 68.8 Å². The SMILES string of the molecule is CCc1nccn1CC(=O)N1CCC[C@@H](c2nccn2Cc2cccnc2)C1. The lowest BCUT2D eigenvalue weighted by Crippen LogP contribution is -2.41. The van der Waals surface area contributed by atoms with E-state index in [0.717, 1.165) is 56.1 Å². The molecule has 4 rings (SSSR count). The third-order valence-electron chi connectivity index (χ3n) is 5.39. The van der Waals surface area contributed by atoms with Crippen molar-refractivity contribution in [3.8, 4) is 0 Å². The van der Waals surface area contributed by atoms with Gasteiger partial charge in [-0.1, -0.05) is 13.0 Å². The van der Waals surface area contributed by atoms with Crippen LogP contribution in [0.4, 0.5) is 0 Å². The molecule has 1 amide bonds. The number of hydrogen-bond acceptors (Lipinski definition) is 4. The Morgan fingerprint density at radius 3 is 2.86 bits per heavy atom. The quantitative estimate of drug-likeness (QED) is 0.661. The van der Waals surface area contributed by atoms with Gasteiger partial charge in [0, 0.05) is 62.6 Å². The number of carbonyl (C=O) groups excluding carboxylic acids is 1. The molecule has 0 aromatic carbocycles. The Hall–Kier alpha value is -2.96. The Balaban J connectivity index is 1.44. The van der Waals surface area contributed by atoms with Crippen LogP contribution in [-0.4, -0.2) is 48.0 Å². The lowest BCUT2D eigenvalue weighted by molar-refractivity contribution is -0.133. The molecule has 0 aliphatic carbocycles. The van der Waals surface area contributed by atoms with E-state index in [9.17, 15) is 4.79 Å². The molecule has 7 nitrogen and oxygen atoms in total. The maximum absolute atomic E-state index is 12.9. The van der Waals surface area contributed by atoms with Crippen molar-refractivity contribution in [2.45, 2.75) is 45.2 Å². The molecule has 0 radical (unpaired) electrons. The Morgan fingerprint density at radius 1 is 1.18 bits per heavy atom. The summed E-state index contributed by atoms with van der Waals surface area (Å²) >= 11 is 0. The molecule has 7 heteroatoms. The predicted molar refractivity (Wildman–Crippen MR) is 106 cm³/mol. The molecular weight excluding hydrogens is 352 g/mol. The lowest BCUT2D eigenvalue weighted by atomic mass is 9.97. The van der Waals surface area contributed by atoms with Crippen LogP contribution in [0.1, 0.15) is 42.9 Å². The number of likely N-dealkylation sites (tertiary alicyclic amines) is 1. The summed E-state index contributed by atoms with van der Waals surface area (Å²) < 4.78 is 4.13. The Morgan fingerprint density at radius 2 is 2.04 bits per heavy atom. The summed E-state index contributed by atoms with van der Waals surface area (Å²) in [7, 11) is 0. The van der Waals surface area contributed by atoms with Crippen molar-refractivity contribution in [2.75, 3.05) is 13.1 Å². The molecule has 0 spiro atoms. The van der Waals surface area contributed by atoms with E-state index < -0.39 is 0 Å². The number of rotatable bonds is 6. The first-order chi connectivity index (χ1) is 13.7. The fourth-order valence-electron chi connectivity index (χ4n) is 3.96. The van der Waals surface area contributed by atoms with Crippen molar-refractivity contribution in [3.63, 3.8) is 0 Å². The molecule has 3 aromatic rings. The van der Waals surface area contributed by atoms with E-state index in [4.69, 9.17) is 0 Å². The highest BCUT2D eigenvalue weighted by atomic mass is 16.2. The zero-order chi connectivity index (χ0) is 19.3. The smallest absolute Gasteiger partial charge is 0.242 e. The summed E-state index contributed by atoms with van der Waals surface area (Å²) in [6, 6.07) is 4.03. The molecule has 146 valence electrons. The highest BCUT2D eigenvalue weighted by Crippen LogP contribution is 2.26. The second-order valence-electron chi connectivity index (χ2n) is 7.28. The maximum atomic E-state index is 12.9. The second-order valence-corrected chi connectivity index (χ2v) is 7.28. The van der Waals surface area contributed by atoms with Crippen LogP contribution in [0, 0.1) is 0 Å². The standard InChI is InChI=1S/C21H26N6O/c1-2-19-23-8-11-25(19)16-20(28)26-10-4-6-18(15-26)21-24-9-12-27(21)14-17-5-3-7-22-13-17/h3,5,7-9,11-13,18H,2,4,6,10,14-16H2,1H3/t18-/m1/s1. The van der Waals surface area contributed by atoms with E-state index in [1.807, 2.05) is 40.3 Å². The monoisotopic (exact) mass is 378 g/mol. The molecule has 0 bridgehead atoms. The van der Waals surface area contributed by atoms with Gasteiger partial charge in [-0.15, -0.1) is 0 Å². The van der Waals surface area contributed by atoms with E-state index >= 15 is 0 Å². The molecule has 1 aliphatic rings. The largest absolute Gasteiger partial charge is 0.340 e. The van der Waals surface area contributed by atoms with Gasteiger partial charge in [-0.25, -0.2) is 9.97 Å². The van der Waals surface area contributed by atoms with Crippen LogP contribution in [0.2, 0.25) is 0 Å². The number of hydrogen-bond donors (Lipinski definition) is 0. The summed E-state index contributed by atoms with van der Waals surface area (Å²) in [5.74, 6) is 2.42. The van der Waals surface area contributed by atoms with Crippen LogP contribution in [0.15, 0.2) is 49.3 Å². The van der Waals surface area contributed by atoms with Gasteiger partial charge in [0.1, 0.15) is 18.2 Å². The van der Waals surface area contributed by atoms with Crippen LogP contribution < -0.4 is 0 Å². The van der Waals surface area contributed by atoms with Gasteiger partial charge in [0.15, 0.2) is 0 Å². The van der Waals surface area contributed by atoms with Gasteiger partial charge in [0.2, 0.25) is 5.91 Å². The minimum Gasteiger partial charge on any atom is -0.340 e. The first-order valence-electron chi connectivity index (χ1n) is 9.92. The number of nitrogens with zero attached hydrogens (tertiary/aromatic N) is 6. The molecule has 3 aromatic heterocycles. The molecule has 0 saturated carbocycles. The number of aryl methyl sites for hydroxylation is 1. The zero-order valence-electron chi connectivity index (χ0n) is 16.2. The van der Waals surface area contributed by atoms with Gasteiger partial charge in [-0.2, -0.15) is 0 Å². The molecule has 1 fully saturated rings. The normalized spacial score (nSPS) is 17.0. The van der Waals surface area contributed by atoms with Crippen LogP contribution in [0.5, 0.6) is 0 Å². The second kappa shape index (κ2) is 8.37. The minimum atomic E-state index is 0.155. The van der Waals surface area contributed by atoms with Gasteiger partial charge < -0.3 is 14.0 Å². The Bertz CT molecular complexity index is 916. The first kappa shape index (κ1) is 18.4. The summed E-state index contributed by atoms with van der Waals surface area (Å²) in [6.07, 6.45) is 14.1. The van der Waals surface area contributed by atoms with Crippen molar-refractivity contribution in [1.29, 1.82) is 0 Å². The van der Waals surface area contributed by atoms with Crippen LogP contribution in [-0.2, 0) is 24.3 Å². The van der Waals surface area contributed by atoms with Gasteiger partial charge in [0.25, 0.3) is 0 Å². The van der Waals surface area contributed by atoms with E-state index in [1.165, 1.54) is 0 Å². The molecular formula is C21H26N6O. The number of aromatic nitrogens is 5. The summed E-state index contributed by atoms with van der Waals surface area (Å²) in [4.78, 5) is 28.0. The number of amides is 1. The maximum Gasteiger partial charge on any atom is 0.242 e. The first-order valence-corrected chi connectivity index (χ1v) is 9.92. The fourth-order valence-corrected chi connectivity index (χ4v) is 3.96. The third kappa shape index (κ3) is 3.98. The molecule has 0 unspecified atom stereocenters. The van der Waals surface area contributed by atoms with Gasteiger partial charge >= 0.3 is 0 Å². The molecule has 4 heterocycles. The minimum absolute atomic E-state index is 0.155. The summed E-state index contributed by atoms with van der Waals surface area (Å²) in [6.45, 7) is 4.71. The van der Waals surface area contributed by atoms with Gasteiger partial charge in [0.05, 0.1) is 6.54 Å². The number of piperidine rings is 1. The average Bonchev–Trinajstić information content (AvgIpc) is 3.38. The summed E-state index contributed by atoms with van der Waals surface area (Å²) in [5.41, 5.74) is 1.15. The lowest BCUT2D eigenvalue weighted by Gasteiger charge is -2.33. The molecule has 1 atom stereocenters. The third-order valence-corrected chi connectivity index (χ3v) is 5.39. The van der Waals surface area contributed by atoms with Crippen LogP contribution in [0.25, 0.3) is 0 Å². The molecule has 28 heavy (non-hydrogen) atoms. The highest BCUT2D eigenvalue weighted by Gasteiger charge is 2.27. The zero-order valence-corrected chi connectivity index (χ0v) is 16.2. The predicted octanol–water partition coefficient (Wildman–Crippen LogP) is 2.49. The average molecular weight is 378 g/mol. The Kier molecular flexibility index (Phi) is 5.50. The van der Waals surface area contributed by atoms with E-state index in [2.05, 4.69) is 32.5 Å². The number of imidazole rings is 2. The molecule has 1 aliphatic heterocycles. The van der Waals surface area contributed by atoms with E-state index in [-0.39, 0.29) is 11.8 Å². The van der Waals surface area contributed by atoms with E-state index in [0.29, 0.717) is 6.54 Å². The molecule has 1 saturated heterocycles. The van der Waals surface area contributed by atoms with Crippen molar-refractivity contribution in [2.24, 2.45) is 0 Å². The highest BCUT2D eigenvalue weighted by molar-refractivity contribution is 5.76. The van der Waals surface area contributed by atoms with Crippen molar-refractivity contribution in [1.82, 2.24) is 29.0 Å². The van der Waals surface area contributed by atoms with E-state index in [1.54, 1.807) is 12.4 Å². The van der Waals surface area contributed by atoms with Crippen LogP contribution >= 0.6 is 0 Å². The number of pyridine rings is 1. The van der Waals surface area contributed by atoms with Gasteiger partial charge in [-0.05, 0) is 24.5 Å². The van der Waals surface area contributed by atoms with Crippen LogP contribution in [0.3, 0.4) is 0 Å².